The standard InChI is InChI=1S/C21H28N4O3/c1-13(2)25-20-17(11-22-25)16(10-18(24-20)14-8-9-14)21(27)28-12-19(26)23-15-6-4-3-5-7-15/h10-11,13-15H,3-9,12H2,1-2H3,(H,23,26). The maximum atomic E-state index is 12.8. The SMILES string of the molecule is CC(C)n1ncc2c(C(=O)OCC(=O)NC3CCCCC3)cc(C3CC3)nc21. The molecule has 28 heavy (non-hydrogen) atoms. The predicted octanol–water partition coefficient (Wildman–Crippen LogP) is 3.50. The first kappa shape index (κ1) is 18.9. The Labute approximate surface area is 164 Å². The normalized spacial score (nSPS) is 17.8. The summed E-state index contributed by atoms with van der Waals surface area (Å²) in [4.78, 5) is 29.7. The zero-order valence-electron chi connectivity index (χ0n) is 16.6. The van der Waals surface area contributed by atoms with Gasteiger partial charge in [0, 0.05) is 23.7 Å². The maximum Gasteiger partial charge on any atom is 0.339 e. The smallest absolute Gasteiger partial charge is 0.339 e. The Morgan fingerprint density at radius 1 is 1.21 bits per heavy atom. The molecule has 1 N–H and O–H groups in total. The second-order valence-electron chi connectivity index (χ2n) is 8.27. The highest BCUT2D eigenvalue weighted by molar-refractivity contribution is 6.03. The summed E-state index contributed by atoms with van der Waals surface area (Å²) >= 11 is 0. The minimum atomic E-state index is -0.489. The van der Waals surface area contributed by atoms with Crippen LogP contribution in [-0.2, 0) is 9.53 Å². The molecule has 4 rings (SSSR count). The summed E-state index contributed by atoms with van der Waals surface area (Å²) in [5.41, 5.74) is 2.07. The van der Waals surface area contributed by atoms with Crippen LogP contribution in [0.15, 0.2) is 12.3 Å². The zero-order valence-corrected chi connectivity index (χ0v) is 16.6. The lowest BCUT2D eigenvalue weighted by Crippen LogP contribution is -2.38. The molecule has 2 aliphatic rings. The van der Waals surface area contributed by atoms with Crippen molar-refractivity contribution in [2.75, 3.05) is 6.61 Å². The molecular formula is C21H28N4O3. The van der Waals surface area contributed by atoms with E-state index in [0.717, 1.165) is 44.2 Å². The Kier molecular flexibility index (Phi) is 5.33. The summed E-state index contributed by atoms with van der Waals surface area (Å²) < 4.78 is 7.18. The first-order chi connectivity index (χ1) is 13.5. The van der Waals surface area contributed by atoms with E-state index in [1.54, 1.807) is 6.20 Å². The van der Waals surface area contributed by atoms with Gasteiger partial charge in [0.2, 0.25) is 0 Å². The second-order valence-corrected chi connectivity index (χ2v) is 8.27. The van der Waals surface area contributed by atoms with E-state index in [2.05, 4.69) is 10.4 Å². The number of rotatable bonds is 6. The van der Waals surface area contributed by atoms with Gasteiger partial charge in [-0.1, -0.05) is 19.3 Å². The van der Waals surface area contributed by atoms with Crippen LogP contribution >= 0.6 is 0 Å². The lowest BCUT2D eigenvalue weighted by molar-refractivity contribution is -0.125. The van der Waals surface area contributed by atoms with Crippen LogP contribution < -0.4 is 5.32 Å². The summed E-state index contributed by atoms with van der Waals surface area (Å²) in [6.07, 6.45) is 9.37. The summed E-state index contributed by atoms with van der Waals surface area (Å²) in [5, 5.41) is 8.05. The number of fused-ring (bicyclic) bond motifs is 1. The van der Waals surface area contributed by atoms with Crippen LogP contribution in [0.3, 0.4) is 0 Å². The molecule has 0 saturated heterocycles. The number of amides is 1. The highest BCUT2D eigenvalue weighted by Gasteiger charge is 2.29. The largest absolute Gasteiger partial charge is 0.452 e. The van der Waals surface area contributed by atoms with Gasteiger partial charge in [0.1, 0.15) is 0 Å². The number of carbonyl (C=O) groups is 2. The van der Waals surface area contributed by atoms with Gasteiger partial charge in [-0.15, -0.1) is 0 Å². The molecule has 7 nitrogen and oxygen atoms in total. The van der Waals surface area contributed by atoms with Crippen molar-refractivity contribution in [3.63, 3.8) is 0 Å². The fourth-order valence-corrected chi connectivity index (χ4v) is 3.90. The van der Waals surface area contributed by atoms with Crippen molar-refractivity contribution >= 4 is 22.9 Å². The van der Waals surface area contributed by atoms with Crippen LogP contribution in [0.5, 0.6) is 0 Å². The molecule has 0 spiro atoms. The van der Waals surface area contributed by atoms with E-state index >= 15 is 0 Å². The predicted molar refractivity (Wildman–Crippen MR) is 105 cm³/mol. The third-order valence-corrected chi connectivity index (χ3v) is 5.60. The molecule has 2 aromatic rings. The molecule has 2 fully saturated rings. The monoisotopic (exact) mass is 384 g/mol. The van der Waals surface area contributed by atoms with Crippen LogP contribution in [0, 0.1) is 0 Å². The van der Waals surface area contributed by atoms with Crippen molar-refractivity contribution in [1.82, 2.24) is 20.1 Å². The molecule has 150 valence electrons. The molecule has 0 atom stereocenters. The number of carbonyl (C=O) groups excluding carboxylic acids is 2. The Bertz CT molecular complexity index is 879. The number of nitrogens with one attached hydrogen (secondary N) is 1. The van der Waals surface area contributed by atoms with Crippen molar-refractivity contribution < 1.29 is 14.3 Å². The molecule has 7 heteroatoms. The van der Waals surface area contributed by atoms with E-state index < -0.39 is 5.97 Å². The molecule has 0 aromatic carbocycles. The van der Waals surface area contributed by atoms with Crippen molar-refractivity contribution in [2.45, 2.75) is 76.8 Å². The third kappa shape index (κ3) is 4.03. The average Bonchev–Trinajstić information content (AvgIpc) is 3.45. The lowest BCUT2D eigenvalue weighted by Gasteiger charge is -2.22. The molecule has 2 aliphatic carbocycles. The molecular weight excluding hydrogens is 356 g/mol. The van der Waals surface area contributed by atoms with Gasteiger partial charge in [-0.05, 0) is 45.6 Å². The number of aromatic nitrogens is 3. The average molecular weight is 384 g/mol. The van der Waals surface area contributed by atoms with Crippen molar-refractivity contribution in [1.29, 1.82) is 0 Å². The molecule has 1 amide bonds. The molecule has 0 radical (unpaired) electrons. The number of pyridine rings is 1. The zero-order chi connectivity index (χ0) is 19.7. The van der Waals surface area contributed by atoms with E-state index in [1.807, 2.05) is 24.6 Å². The lowest BCUT2D eigenvalue weighted by atomic mass is 9.95. The van der Waals surface area contributed by atoms with Crippen LogP contribution in [-0.4, -0.2) is 39.3 Å². The third-order valence-electron chi connectivity index (χ3n) is 5.60. The van der Waals surface area contributed by atoms with Crippen LogP contribution in [0.2, 0.25) is 0 Å². The van der Waals surface area contributed by atoms with Crippen molar-refractivity contribution in [3.8, 4) is 0 Å². The van der Waals surface area contributed by atoms with Crippen molar-refractivity contribution in [2.24, 2.45) is 0 Å². The fraction of sp³-hybridized carbons (Fsp3) is 0.619. The quantitative estimate of drug-likeness (QED) is 0.771. The number of ether oxygens (including phenoxy) is 1. The number of nitrogens with zero attached hydrogens (tertiary/aromatic N) is 3. The fourth-order valence-electron chi connectivity index (χ4n) is 3.90. The van der Waals surface area contributed by atoms with E-state index in [9.17, 15) is 9.59 Å². The van der Waals surface area contributed by atoms with Gasteiger partial charge in [0.15, 0.2) is 12.3 Å². The Balaban J connectivity index is 1.49. The van der Waals surface area contributed by atoms with Gasteiger partial charge in [0.25, 0.3) is 5.91 Å². The molecule has 0 aliphatic heterocycles. The first-order valence-electron chi connectivity index (χ1n) is 10.4. The Morgan fingerprint density at radius 2 is 1.96 bits per heavy atom. The van der Waals surface area contributed by atoms with Gasteiger partial charge in [-0.3, -0.25) is 4.79 Å². The Hall–Kier alpha value is -2.44. The molecule has 2 aromatic heterocycles. The van der Waals surface area contributed by atoms with Gasteiger partial charge in [0.05, 0.1) is 17.1 Å². The van der Waals surface area contributed by atoms with Crippen LogP contribution in [0.25, 0.3) is 11.0 Å². The number of hydrogen-bond acceptors (Lipinski definition) is 5. The highest BCUT2D eigenvalue weighted by Crippen LogP contribution is 2.40. The van der Waals surface area contributed by atoms with Gasteiger partial charge < -0.3 is 10.1 Å². The summed E-state index contributed by atoms with van der Waals surface area (Å²) in [5.74, 6) is -0.316. The number of esters is 1. The minimum Gasteiger partial charge on any atom is -0.452 e. The first-order valence-corrected chi connectivity index (χ1v) is 10.4. The van der Waals surface area contributed by atoms with E-state index in [1.165, 1.54) is 6.42 Å². The van der Waals surface area contributed by atoms with Gasteiger partial charge >= 0.3 is 5.97 Å². The molecule has 2 saturated carbocycles. The van der Waals surface area contributed by atoms with Gasteiger partial charge in [-0.25, -0.2) is 14.5 Å². The maximum absolute atomic E-state index is 12.8. The summed E-state index contributed by atoms with van der Waals surface area (Å²) in [7, 11) is 0. The molecule has 0 bridgehead atoms. The van der Waals surface area contributed by atoms with E-state index in [0.29, 0.717) is 22.5 Å². The van der Waals surface area contributed by atoms with E-state index in [4.69, 9.17) is 9.72 Å². The van der Waals surface area contributed by atoms with Crippen LogP contribution in [0.1, 0.15) is 86.8 Å². The van der Waals surface area contributed by atoms with E-state index in [-0.39, 0.29) is 24.6 Å². The molecule has 2 heterocycles. The van der Waals surface area contributed by atoms with Crippen LogP contribution in [0.4, 0.5) is 0 Å². The topological polar surface area (TPSA) is 86.1 Å². The Morgan fingerprint density at radius 3 is 2.64 bits per heavy atom. The van der Waals surface area contributed by atoms with Gasteiger partial charge in [-0.2, -0.15) is 5.10 Å². The van der Waals surface area contributed by atoms with Crippen molar-refractivity contribution in [3.05, 3.63) is 23.5 Å². The molecule has 0 unspecified atom stereocenters. The highest BCUT2D eigenvalue weighted by atomic mass is 16.5. The summed E-state index contributed by atoms with van der Waals surface area (Å²) in [6.45, 7) is 3.81. The second kappa shape index (κ2) is 7.89. The number of hydrogen-bond donors (Lipinski definition) is 1. The summed E-state index contributed by atoms with van der Waals surface area (Å²) in [6, 6.07) is 2.16. The minimum absolute atomic E-state index is 0.143.